The number of halogens is 14. The second kappa shape index (κ2) is 19.4. The van der Waals surface area contributed by atoms with E-state index >= 15 is 8.78 Å². The Morgan fingerprint density at radius 2 is 0.674 bits per heavy atom. The minimum atomic E-state index is -8.28. The van der Waals surface area contributed by atoms with Gasteiger partial charge in [0, 0.05) is 0 Å². The number of hydrogen-bond acceptors (Lipinski definition) is 2. The van der Waals surface area contributed by atoms with Crippen LogP contribution in [-0.2, 0) is 6.15 Å². The molecule has 0 aliphatic carbocycles. The summed E-state index contributed by atoms with van der Waals surface area (Å²) in [5, 5.41) is 0. The van der Waals surface area contributed by atoms with Crippen molar-refractivity contribution >= 4 is 19.2 Å². The van der Waals surface area contributed by atoms with Crippen LogP contribution in [0.2, 0.25) is 0 Å². The summed E-state index contributed by atoms with van der Waals surface area (Å²) < 4.78 is 195. The van der Waals surface area contributed by atoms with E-state index < -0.39 is 77.3 Å². The van der Waals surface area contributed by atoms with Gasteiger partial charge in [-0.3, -0.25) is 0 Å². The molecule has 0 aromatic carbocycles. The summed E-state index contributed by atoms with van der Waals surface area (Å²) in [6.45, 7) is 1.56. The first-order valence-electron chi connectivity index (χ1n) is 14.5. The Labute approximate surface area is 248 Å². The maximum absolute atomic E-state index is 15.4. The first kappa shape index (κ1) is 42.7. The second-order valence-electron chi connectivity index (χ2n) is 10.5. The fourth-order valence-corrected chi connectivity index (χ4v) is 13.4. The van der Waals surface area contributed by atoms with Crippen molar-refractivity contribution in [2.75, 3.05) is 13.2 Å². The Balaban J connectivity index is 6.48. The molecule has 0 heterocycles. The van der Waals surface area contributed by atoms with E-state index in [9.17, 15) is 52.7 Å². The summed E-state index contributed by atoms with van der Waals surface area (Å²) >= 11 is -8.28. The average molecular weight is 771 g/mol. The topological polar surface area (TPSA) is 18.5 Å². The van der Waals surface area contributed by atoms with Gasteiger partial charge >= 0.3 is 249 Å². The molecule has 0 fully saturated rings. The molecule has 0 N–H and O–H groups in total. The van der Waals surface area contributed by atoms with Crippen LogP contribution in [0, 0.1) is 0 Å². The first-order chi connectivity index (χ1) is 19.8. The third-order valence-electron chi connectivity index (χ3n) is 6.93. The summed E-state index contributed by atoms with van der Waals surface area (Å²) in [5.74, 6) is -26.5. The molecule has 0 aromatic rings. The zero-order valence-corrected chi connectivity index (χ0v) is 27.1. The molecule has 0 radical (unpaired) electrons. The van der Waals surface area contributed by atoms with Gasteiger partial charge in [-0.1, -0.05) is 0 Å². The molecular formula is C26H42F14O2Sn. The third kappa shape index (κ3) is 11.5. The molecule has 0 saturated carbocycles. The van der Waals surface area contributed by atoms with Crippen molar-refractivity contribution in [3.8, 4) is 0 Å². The molecule has 0 spiro atoms. The van der Waals surface area contributed by atoms with Crippen molar-refractivity contribution in [2.45, 2.75) is 149 Å². The Morgan fingerprint density at radius 1 is 0.419 bits per heavy atom. The van der Waals surface area contributed by atoms with Crippen LogP contribution < -0.4 is 0 Å². The Morgan fingerprint density at radius 3 is 0.930 bits per heavy atom. The van der Waals surface area contributed by atoms with E-state index in [4.69, 9.17) is 0 Å². The SMILES string of the molecule is CCCCCCCCC[O][Sn]([O]CCCCCCCCC)([CH](F)C(F)(F)C(F)(F)C(F)F)[CH](F)C(F)(F)C(F)(F)C(F)F. The van der Waals surface area contributed by atoms with E-state index in [-0.39, 0.29) is 25.7 Å². The van der Waals surface area contributed by atoms with E-state index in [1.165, 1.54) is 0 Å². The molecule has 2 nitrogen and oxygen atoms in total. The number of hydrogen-bond donors (Lipinski definition) is 0. The molecule has 0 aliphatic rings. The van der Waals surface area contributed by atoms with Crippen molar-refractivity contribution in [2.24, 2.45) is 0 Å². The summed E-state index contributed by atoms with van der Waals surface area (Å²) in [5.41, 5.74) is 0. The fraction of sp³-hybridized carbons (Fsp3) is 1.00. The van der Waals surface area contributed by atoms with Gasteiger partial charge in [0.15, 0.2) is 0 Å². The van der Waals surface area contributed by atoms with Crippen LogP contribution >= 0.6 is 0 Å². The molecule has 0 bridgehead atoms. The Kier molecular flexibility index (Phi) is 19.3. The van der Waals surface area contributed by atoms with Crippen LogP contribution in [0.1, 0.15) is 104 Å². The van der Waals surface area contributed by atoms with E-state index in [2.05, 4.69) is 6.15 Å². The van der Waals surface area contributed by atoms with Gasteiger partial charge in [-0.05, 0) is 0 Å². The molecule has 43 heavy (non-hydrogen) atoms. The van der Waals surface area contributed by atoms with Crippen LogP contribution in [0.3, 0.4) is 0 Å². The van der Waals surface area contributed by atoms with Crippen LogP contribution in [0.15, 0.2) is 0 Å². The molecular weight excluding hydrogens is 729 g/mol. The summed E-state index contributed by atoms with van der Waals surface area (Å²) in [7, 11) is 0. The quantitative estimate of drug-likeness (QED) is 0.0495. The molecule has 2 unspecified atom stereocenters. The van der Waals surface area contributed by atoms with E-state index in [0.717, 1.165) is 38.5 Å². The number of unbranched alkanes of at least 4 members (excludes halogenated alkanes) is 12. The maximum atomic E-state index is 15.4. The third-order valence-corrected chi connectivity index (χ3v) is 16.8. The Hall–Kier alpha value is -0.261. The van der Waals surface area contributed by atoms with Gasteiger partial charge < -0.3 is 0 Å². The number of alkyl halides is 14. The normalized spacial score (nSPS) is 15.5. The van der Waals surface area contributed by atoms with E-state index in [0.29, 0.717) is 25.7 Å². The zero-order chi connectivity index (χ0) is 33.5. The van der Waals surface area contributed by atoms with Gasteiger partial charge in [-0.15, -0.1) is 0 Å². The first-order valence-corrected chi connectivity index (χ1v) is 20.1. The summed E-state index contributed by atoms with van der Waals surface area (Å²) in [6.07, 6.45) is -4.01. The standard InChI is InChI=1S/2C9H19O.2C4H2F7.Sn/c2*1-2-3-4-5-6-7-8-9-10;2*5-1-3(8,9)4(10,11)2(6)7;/h2*2-9H2,1H3;2*1-2H;/q2*-1;;;+2. The van der Waals surface area contributed by atoms with Crippen LogP contribution in [-0.4, -0.2) is 77.3 Å². The molecule has 0 amide bonds. The van der Waals surface area contributed by atoms with Crippen LogP contribution in [0.5, 0.6) is 0 Å². The van der Waals surface area contributed by atoms with Crippen LogP contribution in [0.4, 0.5) is 61.5 Å². The van der Waals surface area contributed by atoms with Gasteiger partial charge in [0.25, 0.3) is 0 Å². The molecule has 17 heteroatoms. The van der Waals surface area contributed by atoms with Crippen molar-refractivity contribution in [3.05, 3.63) is 0 Å². The average Bonchev–Trinajstić information content (AvgIpc) is 2.93. The monoisotopic (exact) mass is 772 g/mol. The van der Waals surface area contributed by atoms with Gasteiger partial charge in [0.2, 0.25) is 0 Å². The summed E-state index contributed by atoms with van der Waals surface area (Å²) in [4.78, 5) is 0. The van der Waals surface area contributed by atoms with Crippen LogP contribution in [0.25, 0.3) is 0 Å². The molecule has 0 aliphatic heterocycles. The van der Waals surface area contributed by atoms with Gasteiger partial charge in [0.1, 0.15) is 0 Å². The van der Waals surface area contributed by atoms with Gasteiger partial charge in [-0.2, -0.15) is 0 Å². The van der Waals surface area contributed by atoms with Crippen molar-refractivity contribution in [3.63, 3.8) is 0 Å². The van der Waals surface area contributed by atoms with E-state index in [1.54, 1.807) is 0 Å². The van der Waals surface area contributed by atoms with Crippen molar-refractivity contribution < 1.29 is 67.6 Å². The second-order valence-corrected chi connectivity index (χ2v) is 19.1. The molecule has 2 atom stereocenters. The van der Waals surface area contributed by atoms with Crippen molar-refractivity contribution in [1.29, 1.82) is 0 Å². The van der Waals surface area contributed by atoms with Gasteiger partial charge in [0.05, 0.1) is 0 Å². The minimum absolute atomic E-state index is 0.129. The molecule has 0 aromatic heterocycles. The Bertz CT molecular complexity index is 683. The predicted molar refractivity (Wildman–Crippen MR) is 135 cm³/mol. The molecule has 260 valence electrons. The van der Waals surface area contributed by atoms with Gasteiger partial charge in [-0.25, -0.2) is 0 Å². The fourth-order valence-electron chi connectivity index (χ4n) is 4.18. The molecule has 0 rings (SSSR count). The number of rotatable bonds is 26. The predicted octanol–water partition coefficient (Wildman–Crippen LogP) is 10.8. The summed E-state index contributed by atoms with van der Waals surface area (Å²) in [6, 6.07) is 0. The van der Waals surface area contributed by atoms with Crippen molar-refractivity contribution in [1.82, 2.24) is 0 Å². The zero-order valence-electron chi connectivity index (χ0n) is 24.2. The molecule has 0 saturated heterocycles. The van der Waals surface area contributed by atoms with E-state index in [1.807, 2.05) is 13.8 Å².